The van der Waals surface area contributed by atoms with Crippen LogP contribution in [0.4, 0.5) is 0 Å². The Morgan fingerprint density at radius 2 is 1.77 bits per heavy atom. The van der Waals surface area contributed by atoms with Crippen LogP contribution in [0.5, 0.6) is 5.75 Å². The van der Waals surface area contributed by atoms with E-state index in [2.05, 4.69) is 10.0 Å². The molecule has 2 N–H and O–H groups in total. The molecule has 164 valence electrons. The van der Waals surface area contributed by atoms with Crippen LogP contribution < -0.4 is 14.8 Å². The Hall–Kier alpha value is -2.03. The topological polar surface area (TPSA) is 84.5 Å². The van der Waals surface area contributed by atoms with Gasteiger partial charge >= 0.3 is 0 Å². The summed E-state index contributed by atoms with van der Waals surface area (Å²) < 4.78 is 32.9. The Morgan fingerprint density at radius 1 is 1.10 bits per heavy atom. The van der Waals surface area contributed by atoms with Gasteiger partial charge < -0.3 is 10.1 Å². The second kappa shape index (κ2) is 10.8. The summed E-state index contributed by atoms with van der Waals surface area (Å²) in [7, 11) is -3.56. The molecule has 2 aromatic carbocycles. The molecule has 1 amide bonds. The molecule has 0 fully saturated rings. The lowest BCUT2D eigenvalue weighted by atomic mass is 10.1. The molecule has 2 rings (SSSR count). The number of rotatable bonds is 10. The fraction of sp³-hybridized carbons (Fsp3) is 0.409. The first-order valence-electron chi connectivity index (χ1n) is 9.79. The Kier molecular flexibility index (Phi) is 8.76. The highest BCUT2D eigenvalue weighted by Crippen LogP contribution is 2.22. The van der Waals surface area contributed by atoms with Gasteiger partial charge in [0.05, 0.1) is 10.9 Å². The van der Waals surface area contributed by atoms with Gasteiger partial charge in [-0.25, -0.2) is 13.1 Å². The number of amides is 1. The maximum Gasteiger partial charge on any atom is 0.258 e. The van der Waals surface area contributed by atoms with Crippen LogP contribution in [0.3, 0.4) is 0 Å². The van der Waals surface area contributed by atoms with Crippen molar-refractivity contribution in [2.45, 2.75) is 43.5 Å². The van der Waals surface area contributed by atoms with Gasteiger partial charge in [0.15, 0.2) is 6.61 Å². The predicted molar refractivity (Wildman–Crippen MR) is 121 cm³/mol. The van der Waals surface area contributed by atoms with E-state index in [0.717, 1.165) is 5.56 Å². The molecule has 8 heteroatoms. The summed E-state index contributed by atoms with van der Waals surface area (Å²) >= 11 is 1.67. The van der Waals surface area contributed by atoms with E-state index in [1.807, 2.05) is 51.3 Å². The monoisotopic (exact) mass is 450 g/mol. The first kappa shape index (κ1) is 24.2. The number of carbonyl (C=O) groups is 1. The molecule has 0 heterocycles. The van der Waals surface area contributed by atoms with Crippen LogP contribution in [0, 0.1) is 12.8 Å². The van der Waals surface area contributed by atoms with Crippen LogP contribution in [-0.2, 0) is 14.8 Å². The average Bonchev–Trinajstić information content (AvgIpc) is 2.71. The van der Waals surface area contributed by atoms with Gasteiger partial charge in [-0.15, -0.1) is 11.8 Å². The van der Waals surface area contributed by atoms with Gasteiger partial charge in [-0.1, -0.05) is 26.0 Å². The molecule has 0 aliphatic heterocycles. The van der Waals surface area contributed by atoms with Gasteiger partial charge in [0.25, 0.3) is 5.91 Å². The number of carbonyl (C=O) groups excluding carboxylic acids is 1. The molecule has 0 bridgehead atoms. The SMILES string of the molecule is CSc1ccc([C@@H](C)NC(=O)COc2ccc(S(=O)(=O)NCC(C)C)cc2C)cc1. The summed E-state index contributed by atoms with van der Waals surface area (Å²) in [5.41, 5.74) is 1.66. The van der Waals surface area contributed by atoms with Crippen molar-refractivity contribution in [1.82, 2.24) is 10.0 Å². The normalized spacial score (nSPS) is 12.6. The van der Waals surface area contributed by atoms with Gasteiger partial charge in [0, 0.05) is 11.4 Å². The molecule has 0 aliphatic rings. The molecule has 0 spiro atoms. The van der Waals surface area contributed by atoms with E-state index in [0.29, 0.717) is 17.9 Å². The second-order valence-electron chi connectivity index (χ2n) is 7.52. The van der Waals surface area contributed by atoms with Crippen molar-refractivity contribution in [2.24, 2.45) is 5.92 Å². The second-order valence-corrected chi connectivity index (χ2v) is 10.2. The molecule has 1 atom stereocenters. The van der Waals surface area contributed by atoms with Crippen LogP contribution in [0.2, 0.25) is 0 Å². The molecule has 0 aromatic heterocycles. The van der Waals surface area contributed by atoms with Crippen molar-refractivity contribution in [3.8, 4) is 5.75 Å². The highest BCUT2D eigenvalue weighted by atomic mass is 32.2. The third-order valence-corrected chi connectivity index (χ3v) is 6.66. The lowest BCUT2D eigenvalue weighted by Crippen LogP contribution is -2.31. The quantitative estimate of drug-likeness (QED) is 0.536. The van der Waals surface area contributed by atoms with E-state index in [4.69, 9.17) is 4.74 Å². The van der Waals surface area contributed by atoms with Gasteiger partial charge in [0.1, 0.15) is 5.75 Å². The molecule has 0 unspecified atom stereocenters. The van der Waals surface area contributed by atoms with Crippen molar-refractivity contribution in [3.05, 3.63) is 53.6 Å². The van der Waals surface area contributed by atoms with Gasteiger partial charge in [-0.05, 0) is 67.5 Å². The zero-order valence-electron chi connectivity index (χ0n) is 18.1. The summed E-state index contributed by atoms with van der Waals surface area (Å²) in [4.78, 5) is 13.6. The first-order chi connectivity index (χ1) is 14.1. The van der Waals surface area contributed by atoms with Crippen molar-refractivity contribution in [2.75, 3.05) is 19.4 Å². The molecule has 0 saturated carbocycles. The number of nitrogens with one attached hydrogen (secondary N) is 2. The van der Waals surface area contributed by atoms with E-state index in [1.54, 1.807) is 30.8 Å². The van der Waals surface area contributed by atoms with Crippen molar-refractivity contribution < 1.29 is 17.9 Å². The van der Waals surface area contributed by atoms with Crippen molar-refractivity contribution in [1.29, 1.82) is 0 Å². The lowest BCUT2D eigenvalue weighted by Gasteiger charge is -2.16. The molecule has 0 aliphatic carbocycles. The number of hydrogen-bond donors (Lipinski definition) is 2. The number of thioether (sulfide) groups is 1. The number of hydrogen-bond acceptors (Lipinski definition) is 5. The fourth-order valence-corrected chi connectivity index (χ4v) is 4.42. The summed E-state index contributed by atoms with van der Waals surface area (Å²) in [5, 5.41) is 2.91. The van der Waals surface area contributed by atoms with Crippen LogP contribution in [-0.4, -0.2) is 33.7 Å². The molecule has 0 saturated heterocycles. The Bertz CT molecular complexity index is 958. The first-order valence-corrected chi connectivity index (χ1v) is 12.5. The molecule has 30 heavy (non-hydrogen) atoms. The van der Waals surface area contributed by atoms with Crippen LogP contribution in [0.1, 0.15) is 37.9 Å². The van der Waals surface area contributed by atoms with Gasteiger partial charge in [0.2, 0.25) is 10.0 Å². The predicted octanol–water partition coefficient (Wildman–Crippen LogP) is 3.91. The minimum Gasteiger partial charge on any atom is -0.484 e. The van der Waals surface area contributed by atoms with Gasteiger partial charge in [-0.2, -0.15) is 0 Å². The summed E-state index contributed by atoms with van der Waals surface area (Å²) in [5.74, 6) is 0.448. The van der Waals surface area contributed by atoms with E-state index < -0.39 is 10.0 Å². The molecular weight excluding hydrogens is 420 g/mol. The van der Waals surface area contributed by atoms with Gasteiger partial charge in [-0.3, -0.25) is 4.79 Å². The Morgan fingerprint density at radius 3 is 2.33 bits per heavy atom. The van der Waals surface area contributed by atoms with E-state index in [-0.39, 0.29) is 29.4 Å². The highest BCUT2D eigenvalue weighted by molar-refractivity contribution is 7.98. The standard InChI is InChI=1S/C22H30N2O4S2/c1-15(2)13-23-30(26,27)20-10-11-21(16(3)12-20)28-14-22(25)24-17(4)18-6-8-19(29-5)9-7-18/h6-12,15,17,23H,13-14H2,1-5H3,(H,24,25)/t17-/m1/s1. The average molecular weight is 451 g/mol. The van der Waals surface area contributed by atoms with Crippen molar-refractivity contribution in [3.63, 3.8) is 0 Å². The maximum absolute atomic E-state index is 12.3. The number of sulfonamides is 1. The number of ether oxygens (including phenoxy) is 1. The molecule has 2 aromatic rings. The third-order valence-electron chi connectivity index (χ3n) is 4.49. The summed E-state index contributed by atoms with van der Waals surface area (Å²) in [6.45, 7) is 7.78. The summed E-state index contributed by atoms with van der Waals surface area (Å²) in [6.07, 6.45) is 2.02. The summed E-state index contributed by atoms with van der Waals surface area (Å²) in [6, 6.07) is 12.5. The number of benzene rings is 2. The van der Waals surface area contributed by atoms with Crippen LogP contribution in [0.15, 0.2) is 52.3 Å². The van der Waals surface area contributed by atoms with Crippen LogP contribution in [0.25, 0.3) is 0 Å². The van der Waals surface area contributed by atoms with Crippen LogP contribution >= 0.6 is 11.8 Å². The fourth-order valence-electron chi connectivity index (χ4n) is 2.71. The largest absolute Gasteiger partial charge is 0.484 e. The van der Waals surface area contributed by atoms with Crippen molar-refractivity contribution >= 4 is 27.7 Å². The molecule has 0 radical (unpaired) electrons. The van der Waals surface area contributed by atoms with E-state index in [1.165, 1.54) is 11.0 Å². The Balaban J connectivity index is 1.94. The molecular formula is C22H30N2O4S2. The highest BCUT2D eigenvalue weighted by Gasteiger charge is 2.16. The minimum absolute atomic E-state index is 0.141. The zero-order valence-corrected chi connectivity index (χ0v) is 19.7. The van der Waals surface area contributed by atoms with E-state index in [9.17, 15) is 13.2 Å². The number of aryl methyl sites for hydroxylation is 1. The minimum atomic E-state index is -3.56. The lowest BCUT2D eigenvalue weighted by molar-refractivity contribution is -0.123. The molecule has 6 nitrogen and oxygen atoms in total. The smallest absolute Gasteiger partial charge is 0.258 e. The van der Waals surface area contributed by atoms with E-state index >= 15 is 0 Å². The maximum atomic E-state index is 12.3. The Labute approximate surface area is 183 Å². The zero-order chi connectivity index (χ0) is 22.3. The third kappa shape index (κ3) is 7.04.